The molecule has 22 heavy (non-hydrogen) atoms. The van der Waals surface area contributed by atoms with E-state index in [0.717, 1.165) is 5.52 Å². The Hall–Kier alpha value is -1.96. The van der Waals surface area contributed by atoms with Gasteiger partial charge in [0.2, 0.25) is 0 Å². The monoisotopic (exact) mass is 322 g/mol. The van der Waals surface area contributed by atoms with E-state index in [0.29, 0.717) is 24.0 Å². The minimum atomic E-state index is -3.06. The first-order valence-electron chi connectivity index (χ1n) is 7.18. The number of amides is 1. The molecule has 0 spiro atoms. The second-order valence-corrected chi connectivity index (χ2v) is 8.15. The molecule has 3 rings (SSSR count). The molecule has 0 unspecified atom stereocenters. The number of hydrogen-bond donors (Lipinski definition) is 1. The van der Waals surface area contributed by atoms with Gasteiger partial charge in [-0.15, -0.1) is 5.10 Å². The number of carbonyl (C=O) groups is 1. The lowest BCUT2D eigenvalue weighted by atomic mass is 10.0. The summed E-state index contributed by atoms with van der Waals surface area (Å²) in [5.41, 5.74) is 1.28. The van der Waals surface area contributed by atoms with Crippen LogP contribution in [0.2, 0.25) is 0 Å². The Labute approximate surface area is 128 Å². The molecule has 0 bridgehead atoms. The highest BCUT2D eigenvalue weighted by Gasteiger charge is 2.39. The van der Waals surface area contributed by atoms with E-state index in [1.54, 1.807) is 23.7 Å². The lowest BCUT2D eigenvalue weighted by Crippen LogP contribution is -2.46. The van der Waals surface area contributed by atoms with Crippen molar-refractivity contribution in [2.45, 2.75) is 32.4 Å². The van der Waals surface area contributed by atoms with E-state index in [1.807, 2.05) is 13.0 Å². The standard InChI is InChI=1S/C14H18N4O3S/c1-3-18-12-5-4-10(8-11(12)16-17-18)13(19)15-14(2)6-7-22(20,21)9-14/h4-5,8H,3,6-7,9H2,1-2H3,(H,15,19)/t14-/m0/s1. The van der Waals surface area contributed by atoms with Crippen molar-refractivity contribution < 1.29 is 13.2 Å². The topological polar surface area (TPSA) is 93.9 Å². The molecule has 0 aliphatic carbocycles. The van der Waals surface area contributed by atoms with Gasteiger partial charge in [-0.05, 0) is 38.5 Å². The van der Waals surface area contributed by atoms with E-state index in [2.05, 4.69) is 15.6 Å². The van der Waals surface area contributed by atoms with Gasteiger partial charge in [-0.3, -0.25) is 4.79 Å². The lowest BCUT2D eigenvalue weighted by Gasteiger charge is -2.23. The number of aryl methyl sites for hydroxylation is 1. The molecule has 2 heterocycles. The summed E-state index contributed by atoms with van der Waals surface area (Å²) in [5.74, 6) is -0.180. The van der Waals surface area contributed by atoms with E-state index in [1.165, 1.54) is 0 Å². The van der Waals surface area contributed by atoms with Crippen molar-refractivity contribution in [3.8, 4) is 0 Å². The Morgan fingerprint density at radius 2 is 2.23 bits per heavy atom. The van der Waals surface area contributed by atoms with Crippen LogP contribution in [-0.2, 0) is 16.4 Å². The smallest absolute Gasteiger partial charge is 0.251 e. The molecule has 1 fully saturated rings. The first kappa shape index (κ1) is 15.0. The third-order valence-corrected chi connectivity index (χ3v) is 5.90. The number of fused-ring (bicyclic) bond motifs is 1. The molecule has 1 aliphatic heterocycles. The Balaban J connectivity index is 1.83. The summed E-state index contributed by atoms with van der Waals surface area (Å²) in [7, 11) is -3.06. The Morgan fingerprint density at radius 3 is 2.86 bits per heavy atom. The predicted octanol–water partition coefficient (Wildman–Crippen LogP) is 0.758. The third kappa shape index (κ3) is 2.70. The van der Waals surface area contributed by atoms with Crippen LogP contribution in [0.5, 0.6) is 0 Å². The minimum absolute atomic E-state index is 0.0139. The average molecular weight is 322 g/mol. The molecule has 1 amide bonds. The Kier molecular flexibility index (Phi) is 3.43. The SMILES string of the molecule is CCn1nnc2cc(C(=O)N[C@@]3(C)CCS(=O)(=O)C3)ccc21. The highest BCUT2D eigenvalue weighted by molar-refractivity contribution is 7.91. The number of benzene rings is 1. The van der Waals surface area contributed by atoms with Crippen LogP contribution in [0, 0.1) is 0 Å². The van der Waals surface area contributed by atoms with Gasteiger partial charge in [0.25, 0.3) is 5.91 Å². The van der Waals surface area contributed by atoms with E-state index in [-0.39, 0.29) is 17.4 Å². The summed E-state index contributed by atoms with van der Waals surface area (Å²) in [6.07, 6.45) is 0.440. The summed E-state index contributed by atoms with van der Waals surface area (Å²) in [5, 5.41) is 10.9. The highest BCUT2D eigenvalue weighted by Crippen LogP contribution is 2.23. The Morgan fingerprint density at radius 1 is 1.45 bits per heavy atom. The second kappa shape index (κ2) is 5.05. The van der Waals surface area contributed by atoms with Gasteiger partial charge in [-0.2, -0.15) is 0 Å². The quantitative estimate of drug-likeness (QED) is 0.900. The van der Waals surface area contributed by atoms with Crippen LogP contribution < -0.4 is 5.32 Å². The fourth-order valence-electron chi connectivity index (χ4n) is 2.80. The lowest BCUT2D eigenvalue weighted by molar-refractivity contribution is 0.0915. The largest absolute Gasteiger partial charge is 0.346 e. The fraction of sp³-hybridized carbons (Fsp3) is 0.500. The maximum Gasteiger partial charge on any atom is 0.251 e. The number of aromatic nitrogens is 3. The number of carbonyl (C=O) groups excluding carboxylic acids is 1. The summed E-state index contributed by atoms with van der Waals surface area (Å²) in [6, 6.07) is 5.19. The zero-order valence-corrected chi connectivity index (χ0v) is 13.4. The second-order valence-electron chi connectivity index (χ2n) is 5.97. The van der Waals surface area contributed by atoms with Crippen LogP contribution in [0.1, 0.15) is 30.6 Å². The number of hydrogen-bond acceptors (Lipinski definition) is 5. The van der Waals surface area contributed by atoms with Crippen molar-refractivity contribution in [3.05, 3.63) is 23.8 Å². The van der Waals surface area contributed by atoms with Gasteiger partial charge < -0.3 is 5.32 Å². The average Bonchev–Trinajstić information content (AvgIpc) is 2.98. The van der Waals surface area contributed by atoms with Gasteiger partial charge in [0.05, 0.1) is 22.6 Å². The van der Waals surface area contributed by atoms with Gasteiger partial charge in [0.1, 0.15) is 5.52 Å². The van der Waals surface area contributed by atoms with Crippen LogP contribution in [0.3, 0.4) is 0 Å². The molecule has 2 aromatic rings. The number of sulfone groups is 1. The van der Waals surface area contributed by atoms with Crippen molar-refractivity contribution in [2.24, 2.45) is 0 Å². The van der Waals surface area contributed by atoms with Crippen molar-refractivity contribution in [2.75, 3.05) is 11.5 Å². The van der Waals surface area contributed by atoms with Crippen molar-refractivity contribution in [1.82, 2.24) is 20.3 Å². The van der Waals surface area contributed by atoms with Gasteiger partial charge in [0, 0.05) is 12.1 Å². The van der Waals surface area contributed by atoms with Crippen LogP contribution in [0.4, 0.5) is 0 Å². The number of nitrogens with one attached hydrogen (secondary N) is 1. The number of rotatable bonds is 3. The molecule has 1 aromatic carbocycles. The molecule has 0 saturated carbocycles. The third-order valence-electron chi connectivity index (χ3n) is 3.99. The summed E-state index contributed by atoms with van der Waals surface area (Å²) in [6.45, 7) is 4.44. The zero-order valence-electron chi connectivity index (χ0n) is 12.5. The summed E-state index contributed by atoms with van der Waals surface area (Å²) in [4.78, 5) is 12.4. The first-order chi connectivity index (χ1) is 10.3. The molecule has 0 radical (unpaired) electrons. The van der Waals surface area contributed by atoms with Crippen LogP contribution in [-0.4, -0.2) is 46.4 Å². The predicted molar refractivity (Wildman–Crippen MR) is 82.3 cm³/mol. The van der Waals surface area contributed by atoms with Crippen LogP contribution >= 0.6 is 0 Å². The molecule has 1 aliphatic rings. The maximum atomic E-state index is 12.4. The molecule has 118 valence electrons. The molecule has 1 atom stereocenters. The molecule has 1 aromatic heterocycles. The van der Waals surface area contributed by atoms with Crippen LogP contribution in [0.25, 0.3) is 11.0 Å². The van der Waals surface area contributed by atoms with Gasteiger partial charge in [-0.1, -0.05) is 5.21 Å². The zero-order chi connectivity index (χ0) is 16.0. The summed E-state index contributed by atoms with van der Waals surface area (Å²) >= 11 is 0. The van der Waals surface area contributed by atoms with E-state index in [4.69, 9.17) is 0 Å². The van der Waals surface area contributed by atoms with E-state index in [9.17, 15) is 13.2 Å². The highest BCUT2D eigenvalue weighted by atomic mass is 32.2. The molecule has 8 heteroatoms. The molecular weight excluding hydrogens is 304 g/mol. The Bertz CT molecular complexity index is 843. The fourth-order valence-corrected chi connectivity index (χ4v) is 4.90. The normalized spacial score (nSPS) is 23.7. The van der Waals surface area contributed by atoms with Crippen molar-refractivity contribution in [1.29, 1.82) is 0 Å². The summed E-state index contributed by atoms with van der Waals surface area (Å²) < 4.78 is 25.0. The molecule has 1 N–H and O–H groups in total. The first-order valence-corrected chi connectivity index (χ1v) is 9.00. The van der Waals surface area contributed by atoms with Gasteiger partial charge >= 0.3 is 0 Å². The van der Waals surface area contributed by atoms with Gasteiger partial charge in [-0.25, -0.2) is 13.1 Å². The van der Waals surface area contributed by atoms with Crippen molar-refractivity contribution in [3.63, 3.8) is 0 Å². The van der Waals surface area contributed by atoms with Crippen LogP contribution in [0.15, 0.2) is 18.2 Å². The maximum absolute atomic E-state index is 12.4. The molecular formula is C14H18N4O3S. The molecule has 7 nitrogen and oxygen atoms in total. The van der Waals surface area contributed by atoms with E-state index < -0.39 is 15.4 Å². The van der Waals surface area contributed by atoms with Crippen molar-refractivity contribution >= 4 is 26.8 Å². The minimum Gasteiger partial charge on any atom is -0.346 e. The van der Waals surface area contributed by atoms with Gasteiger partial charge in [0.15, 0.2) is 9.84 Å². The number of nitrogens with zero attached hydrogens (tertiary/aromatic N) is 3. The molecule has 1 saturated heterocycles. The van der Waals surface area contributed by atoms with E-state index >= 15 is 0 Å².